The summed E-state index contributed by atoms with van der Waals surface area (Å²) in [5.41, 5.74) is 9.01. The number of hydrogen-bond donors (Lipinski definition) is 5. The van der Waals surface area contributed by atoms with E-state index in [1.807, 2.05) is 36.7 Å². The summed E-state index contributed by atoms with van der Waals surface area (Å²) in [7, 11) is 0. The number of hydrogen-bond acceptors (Lipinski definition) is 16. The predicted octanol–water partition coefficient (Wildman–Crippen LogP) is 18.7. The molecule has 6 aliphatic rings. The van der Waals surface area contributed by atoms with Crippen LogP contribution in [-0.2, 0) is 0 Å². The summed E-state index contributed by atoms with van der Waals surface area (Å²) >= 11 is 27.5. The normalized spacial score (nSPS) is 15.5. The van der Waals surface area contributed by atoms with Gasteiger partial charge in [-0.3, -0.25) is 24.4 Å². The number of halogens is 9. The van der Waals surface area contributed by atoms with Crippen molar-refractivity contribution in [3.05, 3.63) is 112 Å². The lowest BCUT2D eigenvalue weighted by Gasteiger charge is -2.20. The lowest BCUT2D eigenvalue weighted by molar-refractivity contribution is 0.111. The number of benzene rings is 5. The lowest BCUT2D eigenvalue weighted by atomic mass is 9.96. The number of phenols is 4. The van der Waals surface area contributed by atoms with Gasteiger partial charge in [-0.25, -0.2) is 0 Å². The zero-order chi connectivity index (χ0) is 64.6. The van der Waals surface area contributed by atoms with Gasteiger partial charge in [-0.2, -0.15) is 0 Å². The average Bonchev–Trinajstić information content (AvgIpc) is 3.69. The summed E-state index contributed by atoms with van der Waals surface area (Å²) in [4.78, 5) is 40.2. The third-order valence-corrected chi connectivity index (χ3v) is 17.3. The van der Waals surface area contributed by atoms with Crippen molar-refractivity contribution in [3.63, 3.8) is 0 Å². The molecular formula is C63H76Br8IN3O13. The van der Waals surface area contributed by atoms with E-state index in [0.29, 0.717) is 103 Å². The first-order chi connectivity index (χ1) is 42.6. The van der Waals surface area contributed by atoms with Gasteiger partial charge in [0.1, 0.15) is 58.5 Å². The molecular weight excluding hydrogens is 1770 g/mol. The summed E-state index contributed by atoms with van der Waals surface area (Å²) in [6.45, 7) is 5.64. The molecule has 0 amide bonds. The van der Waals surface area contributed by atoms with Gasteiger partial charge in [0.15, 0.2) is 57.5 Å². The van der Waals surface area contributed by atoms with Crippen LogP contribution in [0.2, 0.25) is 0 Å². The highest BCUT2D eigenvalue weighted by atomic mass is 127. The number of alkyl halides is 3. The predicted molar refractivity (Wildman–Crippen MR) is 389 cm³/mol. The van der Waals surface area contributed by atoms with Crippen molar-refractivity contribution >= 4 is 178 Å². The summed E-state index contributed by atoms with van der Waals surface area (Å²) in [6, 6.07) is 19.5. The minimum atomic E-state index is -0.304. The second-order valence-corrected chi connectivity index (χ2v) is 26.3. The maximum absolute atomic E-state index is 10.5. The molecule has 5 aromatic carbocycles. The van der Waals surface area contributed by atoms with Gasteiger partial charge < -0.3 is 54.6 Å². The fraction of sp³-hybridized carbons (Fsp3) is 0.444. The molecule has 0 radical (unpaired) electrons. The van der Waals surface area contributed by atoms with Gasteiger partial charge in [0.25, 0.3) is 0 Å². The van der Waals surface area contributed by atoms with Crippen molar-refractivity contribution in [3.8, 4) is 57.5 Å². The van der Waals surface area contributed by atoms with Gasteiger partial charge >= 0.3 is 0 Å². The fourth-order valence-electron chi connectivity index (χ4n) is 8.87. The van der Waals surface area contributed by atoms with Crippen LogP contribution in [0.4, 0.5) is 0 Å². The Morgan fingerprint density at radius 1 is 0.466 bits per heavy atom. The van der Waals surface area contributed by atoms with E-state index in [4.69, 9.17) is 64.6 Å². The highest BCUT2D eigenvalue weighted by Gasteiger charge is 2.20. The van der Waals surface area contributed by atoms with Gasteiger partial charge in [-0.05, 0) is 185 Å². The van der Waals surface area contributed by atoms with Crippen LogP contribution in [0.5, 0.6) is 57.5 Å². The number of aliphatic imine (C=N–C) groups is 2. The summed E-state index contributed by atoms with van der Waals surface area (Å²) < 4.78 is 37.3. The average molecular weight is 1850 g/mol. The third-order valence-electron chi connectivity index (χ3n) is 13.1. The van der Waals surface area contributed by atoms with Gasteiger partial charge in [0.2, 0.25) is 0 Å². The molecule has 11 rings (SSSR count). The van der Waals surface area contributed by atoms with E-state index < -0.39 is 0 Å². The van der Waals surface area contributed by atoms with E-state index in [1.54, 1.807) is 12.1 Å². The molecule has 6 N–H and O–H groups in total. The van der Waals surface area contributed by atoms with Crippen molar-refractivity contribution in [2.45, 2.75) is 121 Å². The quantitative estimate of drug-likeness (QED) is 0.0319. The Balaban J connectivity index is 0.000000275. The molecule has 0 bridgehead atoms. The van der Waals surface area contributed by atoms with Gasteiger partial charge in [-0.1, -0.05) is 119 Å². The first kappa shape index (κ1) is 79.2. The van der Waals surface area contributed by atoms with Gasteiger partial charge in [0, 0.05) is 86.2 Å². The van der Waals surface area contributed by atoms with E-state index in [2.05, 4.69) is 153 Å². The van der Waals surface area contributed by atoms with Crippen LogP contribution in [0.25, 0.3) is 0 Å². The van der Waals surface area contributed by atoms with Crippen LogP contribution in [-0.4, -0.2) is 125 Å². The van der Waals surface area contributed by atoms with Crippen LogP contribution in [0.1, 0.15) is 145 Å². The third kappa shape index (κ3) is 30.2. The summed E-state index contributed by atoms with van der Waals surface area (Å²) in [6.07, 6.45) is 25.4. The first-order valence-electron chi connectivity index (χ1n) is 28.6. The van der Waals surface area contributed by atoms with Gasteiger partial charge in [0.05, 0.1) is 17.9 Å². The topological polar surface area (TPSA) is 238 Å². The summed E-state index contributed by atoms with van der Waals surface area (Å²) in [5.74, 6) is 3.49. The molecule has 0 saturated heterocycles. The second kappa shape index (κ2) is 46.9. The molecule has 3 fully saturated rings. The molecule has 484 valence electrons. The number of nitrogens with zero attached hydrogens (tertiary/aromatic N) is 2. The van der Waals surface area contributed by atoms with E-state index >= 15 is 0 Å². The number of rotatable bonds is 8. The lowest BCUT2D eigenvalue weighted by Crippen LogP contribution is -2.22. The molecule has 88 heavy (non-hydrogen) atoms. The zero-order valence-electron chi connectivity index (χ0n) is 48.8. The van der Waals surface area contributed by atoms with Crippen molar-refractivity contribution in [1.29, 1.82) is 0 Å². The molecule has 0 aromatic heterocycles. The number of phenolic OH excluding ortho intramolecular Hbond substituents is 4. The molecule has 3 aliphatic heterocycles. The number of carbonyl (C=O) groups excluding carboxylic acids is 3. The summed E-state index contributed by atoms with van der Waals surface area (Å²) in [5, 5.41) is 37.7. The van der Waals surface area contributed by atoms with Crippen LogP contribution in [0, 0.1) is 0 Å². The molecule has 0 atom stereocenters. The van der Waals surface area contributed by atoms with E-state index in [-0.39, 0.29) is 23.0 Å². The van der Waals surface area contributed by atoms with Gasteiger partial charge in [-0.15, -0.1) is 0 Å². The molecule has 16 nitrogen and oxygen atoms in total. The van der Waals surface area contributed by atoms with Crippen molar-refractivity contribution in [2.75, 3.05) is 54.7 Å². The van der Waals surface area contributed by atoms with Crippen molar-refractivity contribution in [1.82, 2.24) is 0 Å². The van der Waals surface area contributed by atoms with E-state index in [9.17, 15) is 14.4 Å². The number of fused-ring (bicyclic) bond motifs is 3. The maximum Gasteiger partial charge on any atom is 0.175 e. The number of aromatic hydroxyl groups is 4. The number of ether oxygens (including phenoxy) is 6. The highest BCUT2D eigenvalue weighted by Crippen LogP contribution is 2.41. The van der Waals surface area contributed by atoms with Crippen LogP contribution in [0.15, 0.2) is 94.6 Å². The monoisotopic (exact) mass is 1840 g/mol. The number of nitrogens with two attached hydrogens (primary N) is 1. The molecule has 0 spiro atoms. The van der Waals surface area contributed by atoms with Crippen molar-refractivity contribution < 1.29 is 63.2 Å². The zero-order valence-corrected chi connectivity index (χ0v) is 63.6. The first-order valence-corrected chi connectivity index (χ1v) is 39.2. The SMILES string of the molecule is BrBr.BrCCBr.Brc1cc(C=NC2CCCCC2)cc2c1OCCO2.Brc1cc(C=NC2CCCCC2)cc2c1OCCO2.CCI.NC1CCCCC1.O=Cc1cc(Br)c2c(c1)OCCO2.O=Cc1cc(O)c(O)c(Br)c1.O=Cc1ccc(O)c(O)c1. The van der Waals surface area contributed by atoms with Crippen LogP contribution in [0.3, 0.4) is 0 Å². The standard InChI is InChI=1S/2C15H18BrNO2.C9H7BrO3.C7H5BrO3.C7H6O3.C6H13N.C2H4Br2.C2H5I.Br2/c2*16-13-8-11(9-14-15(13)19-7-6-18-14)10-17-12-4-2-1-3-5-12;10-7-3-6(5-11)4-8-9(7)13-2-1-12-8;8-5-1-4(3-9)2-6(10)7(5)11;8-4-5-1-2-6(9)7(10)3-5;7-6-4-2-1-3-5-6;3-1-2-4;1-2-3;1-2/h2*8-10,12H,1-7H2;3-5H,1-2H2;1-3,10-11H;1-4,9-10H;6H,1-5,7H2;1-2H2;2H2,1H3;. The number of aldehydes is 3. The largest absolute Gasteiger partial charge is 0.504 e. The minimum absolute atomic E-state index is 0.217. The minimum Gasteiger partial charge on any atom is -0.504 e. The molecule has 3 aliphatic carbocycles. The van der Waals surface area contributed by atoms with Crippen LogP contribution >= 0.6 is 146 Å². The van der Waals surface area contributed by atoms with Crippen molar-refractivity contribution in [2.24, 2.45) is 15.7 Å². The Hall–Kier alpha value is -3.02. The fourth-order valence-corrected chi connectivity index (χ4v) is 11.1. The Morgan fingerprint density at radius 2 is 0.795 bits per heavy atom. The molecule has 3 saturated carbocycles. The molecule has 25 heteroatoms. The molecule has 3 heterocycles. The second-order valence-electron chi connectivity index (χ2n) is 19.7. The Labute approximate surface area is 596 Å². The molecule has 5 aromatic rings. The smallest absolute Gasteiger partial charge is 0.175 e. The van der Waals surface area contributed by atoms with E-state index in [0.717, 1.165) is 64.5 Å². The maximum atomic E-state index is 10.5. The highest BCUT2D eigenvalue weighted by molar-refractivity contribution is 14.1. The van der Waals surface area contributed by atoms with Crippen LogP contribution < -0.4 is 34.2 Å². The number of carbonyl (C=O) groups is 3. The Bertz CT molecular complexity index is 2820. The van der Waals surface area contributed by atoms with E-state index in [1.165, 1.54) is 131 Å². The molecule has 0 unspecified atom stereocenters. The Morgan fingerprint density at radius 3 is 1.14 bits per heavy atom. The Kier molecular flexibility index (Phi) is 42.3.